The molecule has 0 aliphatic carbocycles. The van der Waals surface area contributed by atoms with Gasteiger partial charge in [0.1, 0.15) is 23.2 Å². The highest BCUT2D eigenvalue weighted by Crippen LogP contribution is 2.34. The van der Waals surface area contributed by atoms with Crippen LogP contribution in [0.15, 0.2) is 18.2 Å². The van der Waals surface area contributed by atoms with Crippen LogP contribution in [0.3, 0.4) is 0 Å². The first-order valence-corrected chi connectivity index (χ1v) is 11.9. The number of anilines is 2. The molecule has 0 saturated carbocycles. The molecule has 0 aromatic heterocycles. The van der Waals surface area contributed by atoms with E-state index in [2.05, 4.69) is 10.6 Å². The molecule has 1 fully saturated rings. The SMILES string of the molecule is CCN1C(=O)[C@@H](CNc2cc(Cl)cc(NC(=O)C(C)(C)C)c2)SC1[C@H](N)C(=O)NCC(F)(F)F. The fourth-order valence-corrected chi connectivity index (χ4v) is 4.78. The molecule has 1 saturated heterocycles. The summed E-state index contributed by atoms with van der Waals surface area (Å²) in [6, 6.07) is 3.57. The molecule has 1 aliphatic heterocycles. The number of hydrogen-bond acceptors (Lipinski definition) is 6. The Bertz CT molecular complexity index is 926. The molecule has 13 heteroatoms. The molecule has 8 nitrogen and oxygen atoms in total. The molecule has 34 heavy (non-hydrogen) atoms. The van der Waals surface area contributed by atoms with Crippen molar-refractivity contribution in [2.75, 3.05) is 30.3 Å². The summed E-state index contributed by atoms with van der Waals surface area (Å²) in [5.41, 5.74) is 6.34. The summed E-state index contributed by atoms with van der Waals surface area (Å²) < 4.78 is 37.2. The molecule has 1 aromatic rings. The summed E-state index contributed by atoms with van der Waals surface area (Å²) >= 11 is 7.27. The largest absolute Gasteiger partial charge is 0.405 e. The van der Waals surface area contributed by atoms with E-state index >= 15 is 0 Å². The van der Waals surface area contributed by atoms with Crippen LogP contribution in [0, 0.1) is 5.41 Å². The number of carbonyl (C=O) groups is 3. The van der Waals surface area contributed by atoms with Crippen LogP contribution in [0.1, 0.15) is 27.7 Å². The van der Waals surface area contributed by atoms with Crippen LogP contribution in [0.5, 0.6) is 0 Å². The predicted molar refractivity (Wildman–Crippen MR) is 128 cm³/mol. The maximum Gasteiger partial charge on any atom is 0.405 e. The van der Waals surface area contributed by atoms with E-state index in [1.165, 1.54) is 4.90 Å². The number of nitrogens with zero attached hydrogens (tertiary/aromatic N) is 1. The number of halogens is 4. The smallest absolute Gasteiger partial charge is 0.383 e. The molecule has 190 valence electrons. The van der Waals surface area contributed by atoms with Crippen molar-refractivity contribution < 1.29 is 27.6 Å². The van der Waals surface area contributed by atoms with Crippen LogP contribution in [-0.2, 0) is 14.4 Å². The number of rotatable bonds is 8. The molecule has 1 aromatic carbocycles. The van der Waals surface area contributed by atoms with Crippen LogP contribution < -0.4 is 21.7 Å². The molecule has 2 rings (SSSR count). The zero-order valence-corrected chi connectivity index (χ0v) is 20.8. The average molecular weight is 524 g/mol. The van der Waals surface area contributed by atoms with Gasteiger partial charge in [-0.05, 0) is 25.1 Å². The lowest BCUT2D eigenvalue weighted by Gasteiger charge is -2.26. The Hall–Kier alpha value is -2.18. The van der Waals surface area contributed by atoms with Gasteiger partial charge in [-0.25, -0.2) is 0 Å². The second kappa shape index (κ2) is 11.0. The fourth-order valence-electron chi connectivity index (χ4n) is 3.09. The second-order valence-corrected chi connectivity index (χ2v) is 10.6. The van der Waals surface area contributed by atoms with Crippen LogP contribution in [0.25, 0.3) is 0 Å². The van der Waals surface area contributed by atoms with E-state index in [0.717, 1.165) is 11.8 Å². The van der Waals surface area contributed by atoms with Crippen molar-refractivity contribution in [3.8, 4) is 0 Å². The van der Waals surface area contributed by atoms with E-state index in [1.807, 2.05) is 0 Å². The summed E-state index contributed by atoms with van der Waals surface area (Å²) in [6.07, 6.45) is -4.56. The third-order valence-corrected chi connectivity index (χ3v) is 6.65. The Morgan fingerprint density at radius 1 is 1.21 bits per heavy atom. The van der Waals surface area contributed by atoms with Gasteiger partial charge < -0.3 is 26.6 Å². The number of amides is 3. The molecule has 0 bridgehead atoms. The third-order valence-electron chi connectivity index (χ3n) is 4.91. The summed E-state index contributed by atoms with van der Waals surface area (Å²) in [4.78, 5) is 38.6. The Morgan fingerprint density at radius 3 is 2.38 bits per heavy atom. The Labute approximate surface area is 205 Å². The lowest BCUT2D eigenvalue weighted by atomic mass is 9.95. The maximum absolute atomic E-state index is 12.8. The summed E-state index contributed by atoms with van der Waals surface area (Å²) in [5.74, 6) is -1.46. The number of benzene rings is 1. The van der Waals surface area contributed by atoms with Gasteiger partial charge in [0, 0.05) is 34.9 Å². The maximum atomic E-state index is 12.8. The Morgan fingerprint density at radius 2 is 1.82 bits per heavy atom. The Kier molecular flexibility index (Phi) is 9.11. The monoisotopic (exact) mass is 523 g/mol. The number of nitrogens with one attached hydrogen (secondary N) is 3. The molecule has 3 amide bonds. The van der Waals surface area contributed by atoms with E-state index in [4.69, 9.17) is 17.3 Å². The lowest BCUT2D eigenvalue weighted by molar-refractivity contribution is -0.140. The Balaban J connectivity index is 2.05. The van der Waals surface area contributed by atoms with Crippen molar-refractivity contribution in [1.82, 2.24) is 10.2 Å². The molecule has 5 N–H and O–H groups in total. The molecular weight excluding hydrogens is 495 g/mol. The minimum Gasteiger partial charge on any atom is -0.383 e. The molecular formula is C21H29ClF3N5O3S. The lowest BCUT2D eigenvalue weighted by Crippen LogP contribution is -2.53. The highest BCUT2D eigenvalue weighted by Gasteiger charge is 2.44. The fraction of sp³-hybridized carbons (Fsp3) is 0.571. The van der Waals surface area contributed by atoms with E-state index in [0.29, 0.717) is 16.4 Å². The summed E-state index contributed by atoms with van der Waals surface area (Å²) in [6.45, 7) is 5.93. The summed E-state index contributed by atoms with van der Waals surface area (Å²) in [7, 11) is 0. The van der Waals surface area contributed by atoms with Crippen molar-refractivity contribution in [3.05, 3.63) is 23.2 Å². The van der Waals surface area contributed by atoms with Crippen LogP contribution in [-0.4, -0.2) is 65.1 Å². The van der Waals surface area contributed by atoms with Gasteiger partial charge in [-0.2, -0.15) is 13.2 Å². The zero-order chi connectivity index (χ0) is 25.8. The number of nitrogens with two attached hydrogens (primary N) is 1. The first-order chi connectivity index (χ1) is 15.6. The van der Waals surface area contributed by atoms with Crippen LogP contribution in [0.4, 0.5) is 24.5 Å². The third kappa shape index (κ3) is 7.67. The van der Waals surface area contributed by atoms with Gasteiger partial charge in [-0.3, -0.25) is 14.4 Å². The quantitative estimate of drug-likeness (QED) is 0.416. The van der Waals surface area contributed by atoms with Gasteiger partial charge in [-0.15, -0.1) is 11.8 Å². The second-order valence-electron chi connectivity index (χ2n) is 8.81. The van der Waals surface area contributed by atoms with Crippen LogP contribution >= 0.6 is 23.4 Å². The van der Waals surface area contributed by atoms with Crippen molar-refractivity contribution in [1.29, 1.82) is 0 Å². The van der Waals surface area contributed by atoms with Gasteiger partial charge in [0.05, 0.1) is 0 Å². The topological polar surface area (TPSA) is 117 Å². The van der Waals surface area contributed by atoms with E-state index < -0.39 is 40.7 Å². The highest BCUT2D eigenvalue weighted by atomic mass is 35.5. The number of likely N-dealkylation sites (N-methyl/N-ethyl adjacent to an activating group) is 1. The standard InChI is InChI=1S/C21H29ClF3N5O3S/c1-5-30-17(32)14(34-18(30)15(26)16(31)28-10-21(23,24)25)9-27-12-6-11(22)7-13(8-12)29-19(33)20(2,3)4/h6-8,14-15,18,27H,5,9-10,26H2,1-4H3,(H,28,31)(H,29,33)/t14-,15-,18?/m1/s1. The first-order valence-electron chi connectivity index (χ1n) is 10.5. The number of hydrogen-bond donors (Lipinski definition) is 4. The van der Waals surface area contributed by atoms with Crippen molar-refractivity contribution in [2.24, 2.45) is 11.1 Å². The highest BCUT2D eigenvalue weighted by molar-refractivity contribution is 8.01. The van der Waals surface area contributed by atoms with Gasteiger partial charge in [0.25, 0.3) is 0 Å². The number of carbonyl (C=O) groups excluding carboxylic acids is 3. The van der Waals surface area contributed by atoms with Crippen molar-refractivity contribution in [3.63, 3.8) is 0 Å². The van der Waals surface area contributed by atoms with E-state index in [-0.39, 0.29) is 24.9 Å². The van der Waals surface area contributed by atoms with Crippen molar-refractivity contribution in [2.45, 2.75) is 50.5 Å². The van der Waals surface area contributed by atoms with Gasteiger partial charge in [0.15, 0.2) is 0 Å². The first kappa shape index (κ1) is 28.1. The van der Waals surface area contributed by atoms with E-state index in [9.17, 15) is 27.6 Å². The molecule has 1 unspecified atom stereocenters. The number of thioether (sulfide) groups is 1. The van der Waals surface area contributed by atoms with Gasteiger partial charge >= 0.3 is 6.18 Å². The van der Waals surface area contributed by atoms with Crippen molar-refractivity contribution >= 4 is 52.5 Å². The predicted octanol–water partition coefficient (Wildman–Crippen LogP) is 3.03. The normalized spacial score (nSPS) is 19.7. The summed E-state index contributed by atoms with van der Waals surface area (Å²) in [5, 5.41) is 6.59. The molecule has 3 atom stereocenters. The zero-order valence-electron chi connectivity index (χ0n) is 19.3. The number of alkyl halides is 3. The minimum absolute atomic E-state index is 0.153. The van der Waals surface area contributed by atoms with Gasteiger partial charge in [-0.1, -0.05) is 32.4 Å². The molecule has 0 spiro atoms. The molecule has 1 aliphatic rings. The van der Waals surface area contributed by atoms with E-state index in [1.54, 1.807) is 51.2 Å². The van der Waals surface area contributed by atoms with Crippen LogP contribution in [0.2, 0.25) is 5.02 Å². The average Bonchev–Trinajstić information content (AvgIpc) is 3.03. The molecule has 1 heterocycles. The van der Waals surface area contributed by atoms with Gasteiger partial charge in [0.2, 0.25) is 17.7 Å². The minimum atomic E-state index is -4.56. The molecule has 0 radical (unpaired) electrons.